The summed E-state index contributed by atoms with van der Waals surface area (Å²) in [5.41, 5.74) is 0. The Bertz CT molecular complexity index is 479. The van der Waals surface area contributed by atoms with Crippen LogP contribution in [0.1, 0.15) is 36.8 Å². The second-order valence-electron chi connectivity index (χ2n) is 4.48. The van der Waals surface area contributed by atoms with Crippen molar-refractivity contribution >= 4 is 9.84 Å². The Morgan fingerprint density at radius 3 is 2.76 bits per heavy atom. The highest BCUT2D eigenvalue weighted by Crippen LogP contribution is 2.20. The molecule has 0 bridgehead atoms. The molecule has 1 saturated carbocycles. The van der Waals surface area contributed by atoms with Crippen LogP contribution >= 0.6 is 0 Å². The van der Waals surface area contributed by atoms with Gasteiger partial charge in [-0.1, -0.05) is 0 Å². The molecule has 7 heteroatoms. The van der Waals surface area contributed by atoms with Crippen molar-refractivity contribution in [2.45, 2.75) is 37.5 Å². The fourth-order valence-corrected chi connectivity index (χ4v) is 1.85. The van der Waals surface area contributed by atoms with Gasteiger partial charge >= 0.3 is 0 Å². The maximum Gasteiger partial charge on any atom is 0.234 e. The molecule has 0 spiro atoms. The van der Waals surface area contributed by atoms with Gasteiger partial charge in [-0.05, 0) is 19.8 Å². The third-order valence-electron chi connectivity index (χ3n) is 2.82. The van der Waals surface area contributed by atoms with Gasteiger partial charge in [-0.3, -0.25) is 0 Å². The molecule has 1 aliphatic rings. The molecule has 6 nitrogen and oxygen atoms in total. The second kappa shape index (κ2) is 4.73. The van der Waals surface area contributed by atoms with E-state index in [2.05, 4.69) is 15.5 Å². The Kier molecular flexibility index (Phi) is 3.48. The van der Waals surface area contributed by atoms with Crippen molar-refractivity contribution < 1.29 is 12.8 Å². The molecule has 1 unspecified atom stereocenters. The molecular weight excluding hydrogens is 242 g/mol. The van der Waals surface area contributed by atoms with E-state index in [1.807, 2.05) is 0 Å². The first-order valence-corrected chi connectivity index (χ1v) is 7.67. The highest BCUT2D eigenvalue weighted by Gasteiger charge is 2.24. The summed E-state index contributed by atoms with van der Waals surface area (Å²) in [5.74, 6) is 0.664. The highest BCUT2D eigenvalue weighted by molar-refractivity contribution is 7.90. The lowest BCUT2D eigenvalue weighted by Crippen LogP contribution is -2.19. The first-order valence-electron chi connectivity index (χ1n) is 5.71. The first kappa shape index (κ1) is 12.5. The molecule has 0 amide bonds. The number of nitrogens with one attached hydrogen (secondary N) is 1. The largest absolute Gasteiger partial charge is 0.424 e. The lowest BCUT2D eigenvalue weighted by Gasteiger charge is -2.02. The van der Waals surface area contributed by atoms with Gasteiger partial charge in [-0.15, -0.1) is 10.2 Å². The van der Waals surface area contributed by atoms with Crippen molar-refractivity contribution in [3.05, 3.63) is 11.8 Å². The molecule has 1 heterocycles. The summed E-state index contributed by atoms with van der Waals surface area (Å²) in [6, 6.07) is 0.646. The van der Waals surface area contributed by atoms with Gasteiger partial charge in [-0.2, -0.15) is 0 Å². The minimum absolute atomic E-state index is 0.175. The van der Waals surface area contributed by atoms with Crippen LogP contribution in [0.5, 0.6) is 0 Å². The van der Waals surface area contributed by atoms with Gasteiger partial charge in [0, 0.05) is 25.3 Å². The minimum atomic E-state index is -3.18. The first-order chi connectivity index (χ1) is 7.97. The van der Waals surface area contributed by atoms with Crippen LogP contribution in [-0.4, -0.2) is 37.5 Å². The van der Waals surface area contributed by atoms with E-state index >= 15 is 0 Å². The monoisotopic (exact) mass is 259 g/mol. The van der Waals surface area contributed by atoms with Crippen LogP contribution in [0.4, 0.5) is 0 Å². The zero-order valence-electron chi connectivity index (χ0n) is 10.0. The van der Waals surface area contributed by atoms with Crippen molar-refractivity contribution in [1.29, 1.82) is 0 Å². The van der Waals surface area contributed by atoms with E-state index in [9.17, 15) is 8.42 Å². The van der Waals surface area contributed by atoms with E-state index in [0.29, 0.717) is 18.4 Å². The molecule has 2 rings (SSSR count). The molecule has 96 valence electrons. The van der Waals surface area contributed by atoms with Crippen molar-refractivity contribution in [1.82, 2.24) is 15.5 Å². The van der Waals surface area contributed by atoms with Gasteiger partial charge < -0.3 is 9.73 Å². The number of hydrogen-bond donors (Lipinski definition) is 1. The molecular formula is C10H17N3O3S. The molecule has 1 fully saturated rings. The smallest absolute Gasteiger partial charge is 0.234 e. The zero-order chi connectivity index (χ0) is 12.5. The van der Waals surface area contributed by atoms with Crippen LogP contribution in [-0.2, 0) is 16.3 Å². The topological polar surface area (TPSA) is 85.1 Å². The summed E-state index contributed by atoms with van der Waals surface area (Å²) in [5, 5.41) is 10.2. The standard InChI is InChI=1S/C10H17N3O3S/c1-7(17(2,14)15)10-13-12-9(16-10)5-6-11-8-3-4-8/h7-8,11H,3-6H2,1-2H3. The maximum atomic E-state index is 11.3. The predicted molar refractivity (Wildman–Crippen MR) is 62.3 cm³/mol. The van der Waals surface area contributed by atoms with Crippen molar-refractivity contribution in [2.75, 3.05) is 12.8 Å². The summed E-state index contributed by atoms with van der Waals surface area (Å²) in [7, 11) is -3.18. The van der Waals surface area contributed by atoms with Gasteiger partial charge in [0.25, 0.3) is 0 Å². The Morgan fingerprint density at radius 2 is 2.18 bits per heavy atom. The molecule has 0 radical (unpaired) electrons. The van der Waals surface area contributed by atoms with Crippen molar-refractivity contribution in [3.63, 3.8) is 0 Å². The lowest BCUT2D eigenvalue weighted by molar-refractivity contribution is 0.440. The molecule has 1 aromatic heterocycles. The summed E-state index contributed by atoms with van der Waals surface area (Å²) >= 11 is 0. The number of aromatic nitrogens is 2. The average molecular weight is 259 g/mol. The lowest BCUT2D eigenvalue weighted by atomic mass is 10.4. The van der Waals surface area contributed by atoms with E-state index in [0.717, 1.165) is 12.8 Å². The molecule has 1 N–H and O–H groups in total. The number of nitrogens with zero attached hydrogens (tertiary/aromatic N) is 2. The van der Waals surface area contributed by atoms with Crippen molar-refractivity contribution in [2.24, 2.45) is 0 Å². The molecule has 0 aromatic carbocycles. The van der Waals surface area contributed by atoms with E-state index < -0.39 is 15.1 Å². The van der Waals surface area contributed by atoms with Crippen LogP contribution in [0.15, 0.2) is 4.42 Å². The third kappa shape index (κ3) is 3.50. The highest BCUT2D eigenvalue weighted by atomic mass is 32.2. The summed E-state index contributed by atoms with van der Waals surface area (Å²) in [6.45, 7) is 2.34. The van der Waals surface area contributed by atoms with Gasteiger partial charge in [0.15, 0.2) is 9.84 Å². The molecule has 1 aliphatic carbocycles. The van der Waals surface area contributed by atoms with Gasteiger partial charge in [0.2, 0.25) is 11.8 Å². The van der Waals surface area contributed by atoms with Gasteiger partial charge in [-0.25, -0.2) is 8.42 Å². The van der Waals surface area contributed by atoms with E-state index in [-0.39, 0.29) is 5.89 Å². The number of sulfone groups is 1. The molecule has 17 heavy (non-hydrogen) atoms. The molecule has 0 saturated heterocycles. The zero-order valence-corrected chi connectivity index (χ0v) is 10.8. The van der Waals surface area contributed by atoms with Crippen LogP contribution in [0.3, 0.4) is 0 Å². The van der Waals surface area contributed by atoms with Gasteiger partial charge in [0.05, 0.1) is 0 Å². The second-order valence-corrected chi connectivity index (χ2v) is 6.85. The van der Waals surface area contributed by atoms with Crippen LogP contribution < -0.4 is 5.32 Å². The van der Waals surface area contributed by atoms with Gasteiger partial charge in [0.1, 0.15) is 5.25 Å². The summed E-state index contributed by atoms with van der Waals surface area (Å²) < 4.78 is 28.0. The quantitative estimate of drug-likeness (QED) is 0.799. The Labute approximate surface area is 101 Å². The maximum absolute atomic E-state index is 11.3. The van der Waals surface area contributed by atoms with Crippen LogP contribution in [0.2, 0.25) is 0 Å². The fraction of sp³-hybridized carbons (Fsp3) is 0.800. The van der Waals surface area contributed by atoms with E-state index in [1.165, 1.54) is 12.8 Å². The third-order valence-corrected chi connectivity index (χ3v) is 4.31. The normalized spacial score (nSPS) is 18.2. The molecule has 0 aliphatic heterocycles. The summed E-state index contributed by atoms with van der Waals surface area (Å²) in [6.07, 6.45) is 4.27. The Hall–Kier alpha value is -0.950. The average Bonchev–Trinajstić information content (AvgIpc) is 2.93. The molecule has 1 aromatic rings. The Balaban J connectivity index is 1.90. The van der Waals surface area contributed by atoms with Crippen LogP contribution in [0, 0.1) is 0 Å². The predicted octanol–water partition coefficient (Wildman–Crippen LogP) is 0.470. The SMILES string of the molecule is CC(c1nnc(CCNC2CC2)o1)S(C)(=O)=O. The van der Waals surface area contributed by atoms with Crippen LogP contribution in [0.25, 0.3) is 0 Å². The number of rotatable bonds is 6. The number of hydrogen-bond acceptors (Lipinski definition) is 6. The van der Waals surface area contributed by atoms with Crippen molar-refractivity contribution in [3.8, 4) is 0 Å². The fourth-order valence-electron chi connectivity index (χ4n) is 1.39. The van der Waals surface area contributed by atoms with E-state index in [4.69, 9.17) is 4.42 Å². The minimum Gasteiger partial charge on any atom is -0.424 e. The summed E-state index contributed by atoms with van der Waals surface area (Å²) in [4.78, 5) is 0. The molecule has 1 atom stereocenters. The van der Waals surface area contributed by atoms with E-state index in [1.54, 1.807) is 6.92 Å². The Morgan fingerprint density at radius 1 is 1.47 bits per heavy atom.